The largest absolute Gasteiger partial charge is 0.508 e. The van der Waals surface area contributed by atoms with Crippen molar-refractivity contribution in [2.75, 3.05) is 0 Å². The van der Waals surface area contributed by atoms with Crippen molar-refractivity contribution in [1.29, 1.82) is 0 Å². The second-order valence-electron chi connectivity index (χ2n) is 6.37. The molecule has 0 unspecified atom stereocenters. The average molecular weight is 374 g/mol. The highest BCUT2D eigenvalue weighted by atomic mass is 16.3. The number of phenolic OH excluding ortho intramolecular Hbond substituents is 2. The minimum Gasteiger partial charge on any atom is -0.508 e. The van der Waals surface area contributed by atoms with Gasteiger partial charge in [-0.2, -0.15) is 0 Å². The van der Waals surface area contributed by atoms with Gasteiger partial charge in [0.1, 0.15) is 17.3 Å². The highest BCUT2D eigenvalue weighted by molar-refractivity contribution is 6.07. The van der Waals surface area contributed by atoms with Crippen LogP contribution in [-0.4, -0.2) is 21.1 Å². The Hall–Kier alpha value is -3.71. The number of aliphatic hydroxyl groups is 1. The Labute approximate surface area is 164 Å². The summed E-state index contributed by atoms with van der Waals surface area (Å²) in [5.41, 5.74) is 3.03. The molecule has 0 radical (unpaired) electrons. The number of carbonyl (C=O) groups excluding carboxylic acids is 1. The third-order valence-electron chi connectivity index (χ3n) is 4.19. The number of ketones is 1. The van der Waals surface area contributed by atoms with Crippen LogP contribution < -0.4 is 0 Å². The zero-order valence-electron chi connectivity index (χ0n) is 15.8. The van der Waals surface area contributed by atoms with Gasteiger partial charge in [-0.25, -0.2) is 0 Å². The van der Waals surface area contributed by atoms with E-state index in [9.17, 15) is 20.1 Å². The highest BCUT2D eigenvalue weighted by Gasteiger charge is 2.10. The van der Waals surface area contributed by atoms with Gasteiger partial charge in [-0.15, -0.1) is 12.3 Å². The van der Waals surface area contributed by atoms with E-state index in [0.29, 0.717) is 11.1 Å². The molecular formula is C24H22O4. The summed E-state index contributed by atoms with van der Waals surface area (Å²) in [6.07, 6.45) is 11.3. The maximum absolute atomic E-state index is 12.5. The summed E-state index contributed by atoms with van der Waals surface area (Å²) in [4.78, 5) is 12.5. The van der Waals surface area contributed by atoms with Crippen LogP contribution in [0.25, 0.3) is 12.2 Å². The van der Waals surface area contributed by atoms with E-state index in [1.165, 1.54) is 12.2 Å². The van der Waals surface area contributed by atoms with Gasteiger partial charge < -0.3 is 15.3 Å². The van der Waals surface area contributed by atoms with Gasteiger partial charge in [0, 0.05) is 6.42 Å². The fourth-order valence-electron chi connectivity index (χ4n) is 2.52. The van der Waals surface area contributed by atoms with E-state index in [0.717, 1.165) is 11.1 Å². The van der Waals surface area contributed by atoms with Crippen molar-refractivity contribution >= 4 is 17.9 Å². The number of aliphatic hydroxyl groups excluding tert-OH is 1. The molecule has 2 aromatic rings. The normalized spacial score (nSPS) is 12.2. The lowest BCUT2D eigenvalue weighted by molar-refractivity contribution is -0.111. The number of hydrogen-bond donors (Lipinski definition) is 3. The summed E-state index contributed by atoms with van der Waals surface area (Å²) in [6, 6.07) is 10.0. The second-order valence-corrected chi connectivity index (χ2v) is 6.37. The first kappa shape index (κ1) is 20.6. The van der Waals surface area contributed by atoms with Crippen LogP contribution in [0, 0.1) is 26.2 Å². The first-order valence-corrected chi connectivity index (χ1v) is 8.67. The molecule has 0 aromatic heterocycles. The number of hydrogen-bond acceptors (Lipinski definition) is 4. The van der Waals surface area contributed by atoms with Crippen LogP contribution in [-0.2, 0) is 4.79 Å². The fraction of sp³-hybridized carbons (Fsp3) is 0.125. The number of benzene rings is 2. The maximum atomic E-state index is 12.5. The molecule has 0 aliphatic heterocycles. The predicted molar refractivity (Wildman–Crippen MR) is 112 cm³/mol. The van der Waals surface area contributed by atoms with E-state index in [4.69, 9.17) is 6.42 Å². The van der Waals surface area contributed by atoms with E-state index < -0.39 is 5.78 Å². The van der Waals surface area contributed by atoms with E-state index in [1.807, 2.05) is 0 Å². The van der Waals surface area contributed by atoms with Gasteiger partial charge in [-0.05, 0) is 72.5 Å². The number of rotatable bonds is 6. The second kappa shape index (κ2) is 9.29. The number of carbonyl (C=O) groups is 1. The Kier molecular flexibility index (Phi) is 6.84. The zero-order valence-corrected chi connectivity index (χ0v) is 15.8. The Morgan fingerprint density at radius 3 is 1.93 bits per heavy atom. The quantitative estimate of drug-likeness (QED) is 0.292. The van der Waals surface area contributed by atoms with Gasteiger partial charge in [-0.3, -0.25) is 4.79 Å². The molecule has 0 fully saturated rings. The van der Waals surface area contributed by atoms with E-state index in [2.05, 4.69) is 5.92 Å². The van der Waals surface area contributed by atoms with Crippen LogP contribution >= 0.6 is 0 Å². The molecule has 0 bridgehead atoms. The van der Waals surface area contributed by atoms with Crippen LogP contribution in [0.4, 0.5) is 0 Å². The van der Waals surface area contributed by atoms with E-state index in [-0.39, 0.29) is 29.3 Å². The summed E-state index contributed by atoms with van der Waals surface area (Å²) < 4.78 is 0. The van der Waals surface area contributed by atoms with Crippen LogP contribution in [0.2, 0.25) is 0 Å². The molecule has 142 valence electrons. The average Bonchev–Trinajstić information content (AvgIpc) is 2.67. The Morgan fingerprint density at radius 1 is 0.964 bits per heavy atom. The van der Waals surface area contributed by atoms with Crippen molar-refractivity contribution in [2.45, 2.75) is 20.3 Å². The molecule has 0 aliphatic carbocycles. The number of terminal acetylenes is 1. The van der Waals surface area contributed by atoms with Gasteiger partial charge in [0.05, 0.1) is 5.57 Å². The van der Waals surface area contributed by atoms with Gasteiger partial charge in [0.15, 0.2) is 5.78 Å². The summed E-state index contributed by atoms with van der Waals surface area (Å²) >= 11 is 0. The van der Waals surface area contributed by atoms with Gasteiger partial charge in [0.2, 0.25) is 0 Å². The van der Waals surface area contributed by atoms with Crippen LogP contribution in [0.5, 0.6) is 11.5 Å². The summed E-state index contributed by atoms with van der Waals surface area (Å²) in [6.45, 7) is 3.53. The molecule has 0 amide bonds. The maximum Gasteiger partial charge on any atom is 0.186 e. The number of allylic oxidation sites excluding steroid dienone is 3. The topological polar surface area (TPSA) is 77.8 Å². The molecule has 0 aliphatic rings. The molecule has 2 rings (SSSR count). The molecule has 2 aromatic carbocycles. The van der Waals surface area contributed by atoms with Crippen molar-refractivity contribution in [3.63, 3.8) is 0 Å². The lowest BCUT2D eigenvalue weighted by Crippen LogP contribution is -2.02. The SMILES string of the molecule is C#CCC(C(=O)/C=C/c1ccc(O)c(C)c1)=C(O)/C=C/c1ccc(O)c(C)c1. The smallest absolute Gasteiger partial charge is 0.186 e. The molecule has 0 saturated carbocycles. The third kappa shape index (κ3) is 5.39. The lowest BCUT2D eigenvalue weighted by atomic mass is 10.0. The standard InChI is InChI=1S/C24H22O4/c1-4-5-20(23(27)12-8-18-6-10-21(25)16(2)14-18)24(28)13-9-19-7-11-22(26)17(3)15-19/h1,6-15,25-27H,5H2,2-3H3/b12-8+,13-9+,23-20?. The minimum absolute atomic E-state index is 0.0114. The first-order valence-electron chi connectivity index (χ1n) is 8.67. The van der Waals surface area contributed by atoms with Crippen LogP contribution in [0.15, 0.2) is 59.9 Å². The molecule has 0 spiro atoms. The lowest BCUT2D eigenvalue weighted by Gasteiger charge is -2.03. The first-order chi connectivity index (χ1) is 13.3. The van der Waals surface area contributed by atoms with E-state index in [1.54, 1.807) is 62.4 Å². The van der Waals surface area contributed by atoms with Gasteiger partial charge >= 0.3 is 0 Å². The minimum atomic E-state index is -0.396. The molecule has 0 heterocycles. The highest BCUT2D eigenvalue weighted by Crippen LogP contribution is 2.20. The molecular weight excluding hydrogens is 352 g/mol. The number of aryl methyl sites for hydroxylation is 2. The summed E-state index contributed by atoms with van der Waals surface area (Å²) in [5, 5.41) is 29.5. The molecule has 4 nitrogen and oxygen atoms in total. The third-order valence-corrected chi connectivity index (χ3v) is 4.19. The Morgan fingerprint density at radius 2 is 1.46 bits per heavy atom. The van der Waals surface area contributed by atoms with Crippen LogP contribution in [0.3, 0.4) is 0 Å². The molecule has 0 saturated heterocycles. The van der Waals surface area contributed by atoms with Crippen molar-refractivity contribution < 1.29 is 20.1 Å². The monoisotopic (exact) mass is 374 g/mol. The summed E-state index contributed by atoms with van der Waals surface area (Å²) in [5.74, 6) is 2.16. The summed E-state index contributed by atoms with van der Waals surface area (Å²) in [7, 11) is 0. The molecule has 0 atom stereocenters. The molecule has 3 N–H and O–H groups in total. The van der Waals surface area contributed by atoms with Crippen molar-refractivity contribution in [1.82, 2.24) is 0 Å². The van der Waals surface area contributed by atoms with Crippen molar-refractivity contribution in [3.05, 3.63) is 82.1 Å². The fourth-order valence-corrected chi connectivity index (χ4v) is 2.52. The predicted octanol–water partition coefficient (Wildman–Crippen LogP) is 4.85. The van der Waals surface area contributed by atoms with E-state index >= 15 is 0 Å². The van der Waals surface area contributed by atoms with Crippen LogP contribution in [0.1, 0.15) is 28.7 Å². The molecule has 28 heavy (non-hydrogen) atoms. The molecule has 4 heteroatoms. The van der Waals surface area contributed by atoms with Crippen molar-refractivity contribution in [2.24, 2.45) is 0 Å². The number of phenols is 2. The Bertz CT molecular complexity index is 1020. The Balaban J connectivity index is 2.25. The van der Waals surface area contributed by atoms with Crippen molar-refractivity contribution in [3.8, 4) is 23.8 Å². The number of aromatic hydroxyl groups is 2. The van der Waals surface area contributed by atoms with Gasteiger partial charge in [-0.1, -0.05) is 24.3 Å². The zero-order chi connectivity index (χ0) is 20.7. The van der Waals surface area contributed by atoms with Gasteiger partial charge in [0.25, 0.3) is 0 Å².